The summed E-state index contributed by atoms with van der Waals surface area (Å²) in [6, 6.07) is 0. The standard InChI is InChI=1S/C7H8F3NO2/c1-2-3-6(13)11-4-5(12)7(8,9)10/h1,5,12H,3-4H2,(H,11,13). The van der Waals surface area contributed by atoms with Crippen molar-refractivity contribution in [1.29, 1.82) is 0 Å². The average molecular weight is 195 g/mol. The molecule has 0 spiro atoms. The minimum atomic E-state index is -4.72. The Morgan fingerprint density at radius 1 is 1.62 bits per heavy atom. The highest BCUT2D eigenvalue weighted by Gasteiger charge is 2.38. The Morgan fingerprint density at radius 3 is 2.54 bits per heavy atom. The van der Waals surface area contributed by atoms with Crippen LogP contribution in [0.1, 0.15) is 6.42 Å². The predicted octanol–water partition coefficient (Wildman–Crippen LogP) is 0.0491. The fraction of sp³-hybridized carbons (Fsp3) is 0.571. The lowest BCUT2D eigenvalue weighted by molar-refractivity contribution is -0.201. The lowest BCUT2D eigenvalue weighted by atomic mass is 10.3. The van der Waals surface area contributed by atoms with Gasteiger partial charge in [-0.25, -0.2) is 0 Å². The maximum atomic E-state index is 11.6. The van der Waals surface area contributed by atoms with Gasteiger partial charge in [-0.1, -0.05) is 5.92 Å². The highest BCUT2D eigenvalue weighted by molar-refractivity contribution is 5.78. The van der Waals surface area contributed by atoms with E-state index in [-0.39, 0.29) is 6.42 Å². The number of hydrogen-bond donors (Lipinski definition) is 2. The van der Waals surface area contributed by atoms with E-state index in [0.717, 1.165) is 0 Å². The zero-order chi connectivity index (χ0) is 10.5. The van der Waals surface area contributed by atoms with Crippen LogP contribution in [0.4, 0.5) is 13.2 Å². The van der Waals surface area contributed by atoms with Crippen molar-refractivity contribution in [1.82, 2.24) is 5.32 Å². The monoisotopic (exact) mass is 195 g/mol. The minimum Gasteiger partial charge on any atom is -0.382 e. The highest BCUT2D eigenvalue weighted by Crippen LogP contribution is 2.18. The summed E-state index contributed by atoms with van der Waals surface area (Å²) in [7, 11) is 0. The first kappa shape index (κ1) is 11.8. The third-order valence-electron chi connectivity index (χ3n) is 1.13. The molecule has 0 heterocycles. The molecule has 2 N–H and O–H groups in total. The molecular weight excluding hydrogens is 187 g/mol. The minimum absolute atomic E-state index is 0.301. The summed E-state index contributed by atoms with van der Waals surface area (Å²) >= 11 is 0. The Bertz CT molecular complexity index is 219. The molecule has 0 aromatic carbocycles. The van der Waals surface area contributed by atoms with Gasteiger partial charge in [-0.15, -0.1) is 6.42 Å². The molecule has 0 fully saturated rings. The molecule has 0 bridgehead atoms. The summed E-state index contributed by atoms with van der Waals surface area (Å²) in [5.74, 6) is 1.24. The van der Waals surface area contributed by atoms with Gasteiger partial charge >= 0.3 is 6.18 Å². The second-order valence-electron chi connectivity index (χ2n) is 2.24. The van der Waals surface area contributed by atoms with Crippen molar-refractivity contribution in [3.8, 4) is 12.3 Å². The van der Waals surface area contributed by atoms with Crippen LogP contribution in [-0.4, -0.2) is 29.8 Å². The number of amides is 1. The molecule has 0 aliphatic carbocycles. The summed E-state index contributed by atoms with van der Waals surface area (Å²) < 4.78 is 34.9. The van der Waals surface area contributed by atoms with Gasteiger partial charge in [0.05, 0.1) is 13.0 Å². The maximum absolute atomic E-state index is 11.6. The summed E-state index contributed by atoms with van der Waals surface area (Å²) in [5.41, 5.74) is 0. The van der Waals surface area contributed by atoms with Crippen LogP contribution in [0.15, 0.2) is 0 Å². The molecule has 0 aliphatic rings. The number of carbonyl (C=O) groups excluding carboxylic acids is 1. The Labute approximate surface area is 72.9 Å². The Balaban J connectivity index is 3.78. The first-order valence-electron chi connectivity index (χ1n) is 3.33. The molecule has 0 aromatic rings. The molecule has 1 atom stereocenters. The number of halogens is 3. The third kappa shape index (κ3) is 5.09. The number of rotatable bonds is 3. The van der Waals surface area contributed by atoms with E-state index in [9.17, 15) is 18.0 Å². The zero-order valence-electron chi connectivity index (χ0n) is 6.56. The normalized spacial score (nSPS) is 13.2. The maximum Gasteiger partial charge on any atom is 0.416 e. The van der Waals surface area contributed by atoms with E-state index in [4.69, 9.17) is 11.5 Å². The van der Waals surface area contributed by atoms with Gasteiger partial charge in [-0.3, -0.25) is 4.79 Å². The van der Waals surface area contributed by atoms with E-state index < -0.39 is 24.7 Å². The molecule has 1 unspecified atom stereocenters. The van der Waals surface area contributed by atoms with Crippen LogP contribution in [0.5, 0.6) is 0 Å². The first-order chi connectivity index (χ1) is 5.88. The third-order valence-corrected chi connectivity index (χ3v) is 1.13. The summed E-state index contributed by atoms with van der Waals surface area (Å²) in [5, 5.41) is 10.2. The lowest BCUT2D eigenvalue weighted by Crippen LogP contribution is -2.40. The Kier molecular flexibility index (Phi) is 4.28. The fourth-order valence-electron chi connectivity index (χ4n) is 0.481. The number of nitrogens with one attached hydrogen (secondary N) is 1. The number of alkyl halides is 3. The highest BCUT2D eigenvalue weighted by atomic mass is 19.4. The number of terminal acetylenes is 1. The molecule has 0 aromatic heterocycles. The van der Waals surface area contributed by atoms with Gasteiger partial charge in [-0.05, 0) is 0 Å². The van der Waals surface area contributed by atoms with Gasteiger partial charge in [0.25, 0.3) is 0 Å². The van der Waals surface area contributed by atoms with E-state index in [1.54, 1.807) is 0 Å². The number of aliphatic hydroxyl groups is 1. The summed E-state index contributed by atoms with van der Waals surface area (Å²) in [6.45, 7) is -0.871. The average Bonchev–Trinajstić information content (AvgIpc) is 1.99. The molecular formula is C7H8F3NO2. The van der Waals surface area contributed by atoms with Crippen molar-refractivity contribution in [2.75, 3.05) is 6.54 Å². The number of carbonyl (C=O) groups is 1. The second kappa shape index (κ2) is 4.72. The van der Waals surface area contributed by atoms with Gasteiger partial charge in [0, 0.05) is 0 Å². The van der Waals surface area contributed by atoms with Crippen molar-refractivity contribution >= 4 is 5.91 Å². The van der Waals surface area contributed by atoms with Crippen LogP contribution in [0.2, 0.25) is 0 Å². The summed E-state index contributed by atoms with van der Waals surface area (Å²) in [4.78, 5) is 10.5. The molecule has 0 saturated heterocycles. The molecule has 0 aliphatic heterocycles. The molecule has 6 heteroatoms. The number of hydrogen-bond acceptors (Lipinski definition) is 2. The molecule has 74 valence electrons. The van der Waals surface area contributed by atoms with Crippen LogP contribution < -0.4 is 5.32 Å². The van der Waals surface area contributed by atoms with Crippen LogP contribution >= 0.6 is 0 Å². The lowest BCUT2D eigenvalue weighted by Gasteiger charge is -2.14. The Hall–Kier alpha value is -1.22. The quantitative estimate of drug-likeness (QED) is 0.625. The smallest absolute Gasteiger partial charge is 0.382 e. The molecule has 1 amide bonds. The summed E-state index contributed by atoms with van der Waals surface area (Å²) in [6.07, 6.45) is -2.84. The molecule has 13 heavy (non-hydrogen) atoms. The van der Waals surface area contributed by atoms with Gasteiger partial charge in [0.2, 0.25) is 5.91 Å². The van der Waals surface area contributed by atoms with Gasteiger partial charge < -0.3 is 10.4 Å². The van der Waals surface area contributed by atoms with E-state index in [0.29, 0.717) is 0 Å². The van der Waals surface area contributed by atoms with Gasteiger partial charge in [-0.2, -0.15) is 13.2 Å². The predicted molar refractivity (Wildman–Crippen MR) is 38.5 cm³/mol. The zero-order valence-corrected chi connectivity index (χ0v) is 6.56. The van der Waals surface area contributed by atoms with Crippen LogP contribution in [0, 0.1) is 12.3 Å². The van der Waals surface area contributed by atoms with E-state index in [1.165, 1.54) is 0 Å². The fourth-order valence-corrected chi connectivity index (χ4v) is 0.481. The van der Waals surface area contributed by atoms with Crippen molar-refractivity contribution < 1.29 is 23.1 Å². The number of aliphatic hydroxyl groups excluding tert-OH is 1. The van der Waals surface area contributed by atoms with E-state index in [2.05, 4.69) is 0 Å². The van der Waals surface area contributed by atoms with Gasteiger partial charge in [0.15, 0.2) is 6.10 Å². The van der Waals surface area contributed by atoms with Crippen LogP contribution in [0.3, 0.4) is 0 Å². The second-order valence-corrected chi connectivity index (χ2v) is 2.24. The van der Waals surface area contributed by atoms with Crippen LogP contribution in [-0.2, 0) is 4.79 Å². The SMILES string of the molecule is C#CCC(=O)NCC(O)C(F)(F)F. The van der Waals surface area contributed by atoms with Gasteiger partial charge in [0.1, 0.15) is 0 Å². The van der Waals surface area contributed by atoms with E-state index >= 15 is 0 Å². The van der Waals surface area contributed by atoms with Crippen molar-refractivity contribution in [3.63, 3.8) is 0 Å². The Morgan fingerprint density at radius 2 is 2.15 bits per heavy atom. The molecule has 3 nitrogen and oxygen atoms in total. The first-order valence-corrected chi connectivity index (χ1v) is 3.33. The molecule has 0 saturated carbocycles. The largest absolute Gasteiger partial charge is 0.416 e. The topological polar surface area (TPSA) is 49.3 Å². The van der Waals surface area contributed by atoms with E-state index in [1.807, 2.05) is 11.2 Å². The van der Waals surface area contributed by atoms with Crippen molar-refractivity contribution in [2.24, 2.45) is 0 Å². The molecule has 0 rings (SSSR count). The van der Waals surface area contributed by atoms with Crippen molar-refractivity contribution in [3.05, 3.63) is 0 Å². The molecule has 0 radical (unpaired) electrons. The van der Waals surface area contributed by atoms with Crippen LogP contribution in [0.25, 0.3) is 0 Å². The van der Waals surface area contributed by atoms with Crippen molar-refractivity contribution in [2.45, 2.75) is 18.7 Å².